The second kappa shape index (κ2) is 10.2. The standard InChI is InChI=1S/C18H25N5O2S.C2HF3O2/c1-13-16(26-12-20-13)9-23-10-18(11-23)14(5-8-25-18)3-6-19-17(24)15-4-7-21-22(15)2;3-2(4,5)1(6)7/h4,7,12,14H,3,5-6,8-11H2,1-2H3,(H,19,24);(H,6,7). The van der Waals surface area contributed by atoms with Gasteiger partial charge >= 0.3 is 12.1 Å². The highest BCUT2D eigenvalue weighted by atomic mass is 32.1. The molecule has 0 bridgehead atoms. The van der Waals surface area contributed by atoms with E-state index < -0.39 is 12.1 Å². The fraction of sp³-hybridized carbons (Fsp3) is 0.600. The van der Waals surface area contributed by atoms with E-state index in [1.54, 1.807) is 35.3 Å². The highest BCUT2D eigenvalue weighted by molar-refractivity contribution is 7.09. The molecule has 182 valence electrons. The number of amides is 1. The quantitative estimate of drug-likeness (QED) is 0.640. The molecule has 2 aromatic heterocycles. The van der Waals surface area contributed by atoms with Crippen molar-refractivity contribution in [3.63, 3.8) is 0 Å². The van der Waals surface area contributed by atoms with Crippen molar-refractivity contribution in [2.24, 2.45) is 13.0 Å². The topological polar surface area (TPSA) is 110 Å². The first-order valence-corrected chi connectivity index (χ1v) is 11.2. The molecule has 33 heavy (non-hydrogen) atoms. The molecule has 2 fully saturated rings. The Morgan fingerprint density at radius 1 is 1.39 bits per heavy atom. The second-order valence-electron chi connectivity index (χ2n) is 8.09. The van der Waals surface area contributed by atoms with Gasteiger partial charge in [0.25, 0.3) is 5.91 Å². The number of ether oxygens (including phenoxy) is 1. The number of nitrogens with zero attached hydrogens (tertiary/aromatic N) is 4. The van der Waals surface area contributed by atoms with Crippen molar-refractivity contribution in [1.29, 1.82) is 0 Å². The molecule has 2 aromatic rings. The molecule has 0 aliphatic carbocycles. The molecular formula is C20H26F3N5O4S. The lowest BCUT2D eigenvalue weighted by molar-refractivity contribution is -0.192. The Bertz CT molecular complexity index is 971. The van der Waals surface area contributed by atoms with Crippen molar-refractivity contribution in [2.45, 2.75) is 38.1 Å². The molecule has 1 atom stereocenters. The Kier molecular flexibility index (Phi) is 7.75. The van der Waals surface area contributed by atoms with Gasteiger partial charge in [0, 0.05) is 50.9 Å². The molecule has 13 heteroatoms. The zero-order chi connectivity index (χ0) is 24.2. The van der Waals surface area contributed by atoms with Gasteiger partial charge in [0.2, 0.25) is 0 Å². The highest BCUT2D eigenvalue weighted by Gasteiger charge is 2.52. The number of carboxylic acids is 1. The van der Waals surface area contributed by atoms with Gasteiger partial charge in [-0.15, -0.1) is 11.3 Å². The number of aliphatic carboxylic acids is 1. The molecule has 2 N–H and O–H groups in total. The van der Waals surface area contributed by atoms with Crippen LogP contribution in [-0.2, 0) is 23.1 Å². The summed E-state index contributed by atoms with van der Waals surface area (Å²) in [4.78, 5) is 29.2. The normalized spacial score (nSPS) is 19.6. The van der Waals surface area contributed by atoms with Crippen LogP contribution in [0.15, 0.2) is 17.8 Å². The highest BCUT2D eigenvalue weighted by Crippen LogP contribution is 2.42. The Labute approximate surface area is 192 Å². The van der Waals surface area contributed by atoms with Crippen LogP contribution in [0.1, 0.15) is 33.9 Å². The second-order valence-corrected chi connectivity index (χ2v) is 9.03. The van der Waals surface area contributed by atoms with Crippen molar-refractivity contribution < 1.29 is 32.6 Å². The molecule has 2 aliphatic heterocycles. The SMILES string of the molecule is Cc1ncsc1CN1CC2(C1)OCCC2CCNC(=O)c1ccnn1C.O=C(O)C(F)(F)F. The van der Waals surface area contributed by atoms with Gasteiger partial charge < -0.3 is 15.2 Å². The molecule has 0 radical (unpaired) electrons. The molecule has 1 unspecified atom stereocenters. The van der Waals surface area contributed by atoms with Crippen molar-refractivity contribution in [2.75, 3.05) is 26.2 Å². The fourth-order valence-electron chi connectivity index (χ4n) is 4.09. The van der Waals surface area contributed by atoms with Crippen LogP contribution in [0.3, 0.4) is 0 Å². The Hall–Kier alpha value is -2.51. The summed E-state index contributed by atoms with van der Waals surface area (Å²) in [6.45, 7) is 6.49. The first-order chi connectivity index (χ1) is 15.5. The molecule has 2 aliphatic rings. The number of nitrogens with one attached hydrogen (secondary N) is 1. The smallest absolute Gasteiger partial charge is 0.475 e. The Morgan fingerprint density at radius 2 is 2.09 bits per heavy atom. The van der Waals surface area contributed by atoms with Gasteiger partial charge in [0.15, 0.2) is 0 Å². The molecular weight excluding hydrogens is 463 g/mol. The number of aromatic nitrogens is 3. The minimum absolute atomic E-state index is 0.0180. The third-order valence-corrected chi connectivity index (χ3v) is 6.79. The summed E-state index contributed by atoms with van der Waals surface area (Å²) in [6.07, 6.45) is -1.41. The number of carbonyl (C=O) groups is 2. The van der Waals surface area contributed by atoms with E-state index in [2.05, 4.69) is 27.2 Å². The van der Waals surface area contributed by atoms with Gasteiger partial charge in [-0.3, -0.25) is 14.4 Å². The maximum atomic E-state index is 12.2. The van der Waals surface area contributed by atoms with E-state index in [-0.39, 0.29) is 11.5 Å². The number of likely N-dealkylation sites (tertiary alicyclic amines) is 1. The van der Waals surface area contributed by atoms with E-state index >= 15 is 0 Å². The maximum absolute atomic E-state index is 12.2. The van der Waals surface area contributed by atoms with Crippen LogP contribution in [0.25, 0.3) is 0 Å². The minimum Gasteiger partial charge on any atom is -0.475 e. The first kappa shape index (κ1) is 25.1. The van der Waals surface area contributed by atoms with Crippen LogP contribution < -0.4 is 5.32 Å². The number of carbonyl (C=O) groups excluding carboxylic acids is 1. The zero-order valence-corrected chi connectivity index (χ0v) is 19.1. The van der Waals surface area contributed by atoms with E-state index in [0.29, 0.717) is 18.2 Å². The monoisotopic (exact) mass is 489 g/mol. The van der Waals surface area contributed by atoms with Crippen LogP contribution >= 0.6 is 11.3 Å². The Balaban J connectivity index is 0.000000383. The largest absolute Gasteiger partial charge is 0.490 e. The summed E-state index contributed by atoms with van der Waals surface area (Å²) in [5.74, 6) is -2.31. The summed E-state index contributed by atoms with van der Waals surface area (Å²) in [6, 6.07) is 1.74. The summed E-state index contributed by atoms with van der Waals surface area (Å²) in [5.41, 5.74) is 3.63. The van der Waals surface area contributed by atoms with E-state index in [1.165, 1.54) is 4.88 Å². The van der Waals surface area contributed by atoms with E-state index in [4.69, 9.17) is 14.6 Å². The maximum Gasteiger partial charge on any atom is 0.490 e. The van der Waals surface area contributed by atoms with Crippen molar-refractivity contribution in [1.82, 2.24) is 25.0 Å². The van der Waals surface area contributed by atoms with Gasteiger partial charge in [-0.05, 0) is 31.7 Å². The van der Waals surface area contributed by atoms with Crippen LogP contribution in [0.5, 0.6) is 0 Å². The summed E-state index contributed by atoms with van der Waals surface area (Å²) < 4.78 is 39.5. The van der Waals surface area contributed by atoms with Gasteiger partial charge in [0.05, 0.1) is 16.8 Å². The number of hydrogen-bond acceptors (Lipinski definition) is 7. The summed E-state index contributed by atoms with van der Waals surface area (Å²) in [5, 5.41) is 14.2. The van der Waals surface area contributed by atoms with Crippen molar-refractivity contribution >= 4 is 23.2 Å². The van der Waals surface area contributed by atoms with Crippen LogP contribution in [-0.4, -0.2) is 74.7 Å². The summed E-state index contributed by atoms with van der Waals surface area (Å²) in [7, 11) is 1.78. The van der Waals surface area contributed by atoms with E-state index in [1.807, 2.05) is 5.51 Å². The fourth-order valence-corrected chi connectivity index (χ4v) is 4.91. The van der Waals surface area contributed by atoms with E-state index in [9.17, 15) is 18.0 Å². The molecule has 4 rings (SSSR count). The van der Waals surface area contributed by atoms with Crippen molar-refractivity contribution in [3.05, 3.63) is 34.0 Å². The summed E-state index contributed by atoms with van der Waals surface area (Å²) >= 11 is 1.73. The number of halogens is 3. The number of rotatable bonds is 6. The Morgan fingerprint density at radius 3 is 2.64 bits per heavy atom. The third-order valence-electron chi connectivity index (χ3n) is 5.87. The molecule has 9 nitrogen and oxygen atoms in total. The molecule has 1 spiro atoms. The molecule has 0 aromatic carbocycles. The zero-order valence-electron chi connectivity index (χ0n) is 18.3. The number of alkyl halides is 3. The average Bonchev–Trinajstić information content (AvgIpc) is 3.42. The van der Waals surface area contributed by atoms with Gasteiger partial charge in [-0.1, -0.05) is 0 Å². The predicted molar refractivity (Wildman–Crippen MR) is 113 cm³/mol. The van der Waals surface area contributed by atoms with Crippen LogP contribution in [0.2, 0.25) is 0 Å². The lowest BCUT2D eigenvalue weighted by Gasteiger charge is -2.50. The number of carboxylic acid groups (broad SMARTS) is 1. The first-order valence-electron chi connectivity index (χ1n) is 10.3. The number of thiazole rings is 1. The molecule has 4 heterocycles. The van der Waals surface area contributed by atoms with Gasteiger partial charge in [-0.25, -0.2) is 9.78 Å². The van der Waals surface area contributed by atoms with Crippen LogP contribution in [0, 0.1) is 12.8 Å². The van der Waals surface area contributed by atoms with Gasteiger partial charge in [0.1, 0.15) is 5.69 Å². The van der Waals surface area contributed by atoms with E-state index in [0.717, 1.165) is 44.8 Å². The lowest BCUT2D eigenvalue weighted by atomic mass is 9.79. The molecule has 1 amide bonds. The molecule has 0 saturated carbocycles. The predicted octanol–water partition coefficient (Wildman–Crippen LogP) is 2.23. The van der Waals surface area contributed by atoms with Gasteiger partial charge in [-0.2, -0.15) is 18.3 Å². The minimum atomic E-state index is -5.08. The van der Waals surface area contributed by atoms with Crippen molar-refractivity contribution in [3.8, 4) is 0 Å². The number of aryl methyl sites for hydroxylation is 2. The molecule has 2 saturated heterocycles. The third kappa shape index (κ3) is 6.09. The average molecular weight is 490 g/mol. The number of hydrogen-bond donors (Lipinski definition) is 2. The lowest BCUT2D eigenvalue weighted by Crippen LogP contribution is -2.64. The van der Waals surface area contributed by atoms with Crippen LogP contribution in [0.4, 0.5) is 13.2 Å².